The van der Waals surface area contributed by atoms with E-state index in [4.69, 9.17) is 0 Å². The van der Waals surface area contributed by atoms with Crippen LogP contribution in [-0.2, 0) is 9.59 Å². The number of hydrogen-bond donors (Lipinski definition) is 1. The van der Waals surface area contributed by atoms with Crippen LogP contribution in [0.4, 0.5) is 5.69 Å². The highest BCUT2D eigenvalue weighted by atomic mass is 16.4. The number of aliphatic carboxylic acids is 1. The molecule has 0 saturated carbocycles. The van der Waals surface area contributed by atoms with Crippen molar-refractivity contribution in [2.24, 2.45) is 5.41 Å². The van der Waals surface area contributed by atoms with Gasteiger partial charge in [0.1, 0.15) is 0 Å². The standard InChI is InChI=1S/C15H17NO4/c1-8-5-9(2)11-10(6-8)12(17)13(18)16(11)7-15(3,4)14(19)20/h5-6H,7H2,1-4H3,(H,19,20). The largest absolute Gasteiger partial charge is 0.481 e. The molecule has 5 nitrogen and oxygen atoms in total. The number of carbonyl (C=O) groups excluding carboxylic acids is 2. The van der Waals surface area contributed by atoms with E-state index >= 15 is 0 Å². The normalized spacial score (nSPS) is 14.7. The van der Waals surface area contributed by atoms with E-state index in [1.165, 1.54) is 18.7 Å². The number of rotatable bonds is 3. The summed E-state index contributed by atoms with van der Waals surface area (Å²) < 4.78 is 0. The molecule has 0 unspecified atom stereocenters. The third kappa shape index (κ3) is 2.09. The van der Waals surface area contributed by atoms with E-state index in [0.717, 1.165) is 11.1 Å². The van der Waals surface area contributed by atoms with Gasteiger partial charge in [0.25, 0.3) is 11.7 Å². The highest BCUT2D eigenvalue weighted by molar-refractivity contribution is 6.52. The summed E-state index contributed by atoms with van der Waals surface area (Å²) in [5.41, 5.74) is 1.50. The molecule has 0 aliphatic carbocycles. The number of Topliss-reactive ketones (excluding diaryl/α,β-unsaturated/α-hetero) is 1. The Morgan fingerprint density at radius 2 is 1.85 bits per heavy atom. The smallest absolute Gasteiger partial charge is 0.310 e. The van der Waals surface area contributed by atoms with Gasteiger partial charge in [0.05, 0.1) is 16.7 Å². The number of amides is 1. The second kappa shape index (κ2) is 4.44. The highest BCUT2D eigenvalue weighted by Crippen LogP contribution is 2.35. The molecule has 1 amide bonds. The molecule has 1 aromatic carbocycles. The van der Waals surface area contributed by atoms with Crippen molar-refractivity contribution in [3.8, 4) is 0 Å². The first-order valence-corrected chi connectivity index (χ1v) is 6.36. The van der Waals surface area contributed by atoms with Gasteiger partial charge in [-0.15, -0.1) is 0 Å². The Labute approximate surface area is 117 Å². The Kier molecular flexibility index (Phi) is 3.16. The van der Waals surface area contributed by atoms with Crippen molar-refractivity contribution in [2.75, 3.05) is 11.4 Å². The van der Waals surface area contributed by atoms with Crippen molar-refractivity contribution < 1.29 is 19.5 Å². The predicted octanol–water partition coefficient (Wildman–Crippen LogP) is 1.94. The molecule has 0 aromatic heterocycles. The zero-order valence-corrected chi connectivity index (χ0v) is 12.0. The molecule has 0 radical (unpaired) electrons. The molecule has 1 aliphatic rings. The summed E-state index contributed by atoms with van der Waals surface area (Å²) in [6.07, 6.45) is 0. The lowest BCUT2D eigenvalue weighted by atomic mass is 9.93. The molecule has 0 saturated heterocycles. The number of benzene rings is 1. The Morgan fingerprint density at radius 1 is 1.25 bits per heavy atom. The van der Waals surface area contributed by atoms with E-state index in [1.807, 2.05) is 19.9 Å². The maximum Gasteiger partial charge on any atom is 0.310 e. The zero-order valence-electron chi connectivity index (χ0n) is 12.0. The summed E-state index contributed by atoms with van der Waals surface area (Å²) >= 11 is 0. The molecular weight excluding hydrogens is 258 g/mol. The first-order valence-electron chi connectivity index (χ1n) is 6.36. The van der Waals surface area contributed by atoms with E-state index in [2.05, 4.69) is 0 Å². The van der Waals surface area contributed by atoms with Gasteiger partial charge in [-0.3, -0.25) is 14.4 Å². The maximum atomic E-state index is 12.1. The number of hydrogen-bond acceptors (Lipinski definition) is 3. The summed E-state index contributed by atoms with van der Waals surface area (Å²) in [6.45, 7) is 6.72. The lowest BCUT2D eigenvalue weighted by Gasteiger charge is -2.27. The molecule has 20 heavy (non-hydrogen) atoms. The average molecular weight is 275 g/mol. The minimum absolute atomic E-state index is 0.0240. The van der Waals surface area contributed by atoms with Crippen LogP contribution in [0.2, 0.25) is 0 Å². The number of aryl methyl sites for hydroxylation is 2. The topological polar surface area (TPSA) is 74.7 Å². The summed E-state index contributed by atoms with van der Waals surface area (Å²) in [5, 5.41) is 9.19. The van der Waals surface area contributed by atoms with Gasteiger partial charge < -0.3 is 10.0 Å². The summed E-state index contributed by atoms with van der Waals surface area (Å²) in [6, 6.07) is 3.56. The van der Waals surface area contributed by atoms with Crippen LogP contribution in [0, 0.1) is 19.3 Å². The number of anilines is 1. The van der Waals surface area contributed by atoms with Gasteiger partial charge in [0.15, 0.2) is 0 Å². The first kappa shape index (κ1) is 14.2. The molecule has 1 heterocycles. The molecule has 0 atom stereocenters. The molecule has 0 spiro atoms. The van der Waals surface area contributed by atoms with Crippen molar-refractivity contribution in [2.45, 2.75) is 27.7 Å². The van der Waals surface area contributed by atoms with Crippen LogP contribution in [0.15, 0.2) is 12.1 Å². The van der Waals surface area contributed by atoms with E-state index in [1.54, 1.807) is 6.07 Å². The van der Waals surface area contributed by atoms with Crippen LogP contribution in [0.3, 0.4) is 0 Å². The van der Waals surface area contributed by atoms with Gasteiger partial charge in [0, 0.05) is 6.54 Å². The van der Waals surface area contributed by atoms with Crippen LogP contribution in [0.5, 0.6) is 0 Å². The Bertz CT molecular complexity index is 631. The van der Waals surface area contributed by atoms with Gasteiger partial charge >= 0.3 is 5.97 Å². The fourth-order valence-electron chi connectivity index (χ4n) is 2.44. The molecule has 0 bridgehead atoms. The fourth-order valence-corrected chi connectivity index (χ4v) is 2.44. The number of carboxylic acids is 1. The lowest BCUT2D eigenvalue weighted by Crippen LogP contribution is -2.42. The molecule has 2 rings (SSSR count). The van der Waals surface area contributed by atoms with Crippen molar-refractivity contribution in [1.82, 2.24) is 0 Å². The first-order chi connectivity index (χ1) is 9.15. The van der Waals surface area contributed by atoms with Gasteiger partial charge in [-0.05, 0) is 44.9 Å². The Balaban J connectivity index is 2.51. The number of nitrogens with zero attached hydrogens (tertiary/aromatic N) is 1. The summed E-state index contributed by atoms with van der Waals surface area (Å²) in [5.74, 6) is -2.22. The van der Waals surface area contributed by atoms with Gasteiger partial charge in [-0.25, -0.2) is 0 Å². The minimum atomic E-state index is -1.12. The second-order valence-corrected chi connectivity index (χ2v) is 5.89. The molecule has 106 valence electrons. The SMILES string of the molecule is Cc1cc(C)c2c(c1)C(=O)C(=O)N2CC(C)(C)C(=O)O. The van der Waals surface area contributed by atoms with Crippen LogP contribution in [0.1, 0.15) is 35.3 Å². The highest BCUT2D eigenvalue weighted by Gasteiger charge is 2.41. The van der Waals surface area contributed by atoms with Crippen molar-refractivity contribution in [1.29, 1.82) is 0 Å². The molecule has 0 fully saturated rings. The second-order valence-electron chi connectivity index (χ2n) is 5.89. The van der Waals surface area contributed by atoms with Crippen LogP contribution < -0.4 is 4.90 Å². The Hall–Kier alpha value is -2.17. The predicted molar refractivity (Wildman–Crippen MR) is 74.0 cm³/mol. The number of carboxylic acid groups (broad SMARTS) is 1. The molecule has 1 aromatic rings. The summed E-state index contributed by atoms with van der Waals surface area (Å²) in [4.78, 5) is 36.7. The number of carbonyl (C=O) groups is 3. The van der Waals surface area contributed by atoms with Crippen molar-refractivity contribution in [3.05, 3.63) is 28.8 Å². The van der Waals surface area contributed by atoms with Gasteiger partial charge in [-0.2, -0.15) is 0 Å². The molecular formula is C15H17NO4. The third-order valence-electron chi connectivity index (χ3n) is 3.53. The molecule has 1 aliphatic heterocycles. The van der Waals surface area contributed by atoms with Gasteiger partial charge in [0.2, 0.25) is 0 Å². The maximum absolute atomic E-state index is 12.1. The lowest BCUT2D eigenvalue weighted by molar-refractivity contribution is -0.146. The molecule has 5 heteroatoms. The average Bonchev–Trinajstić information content (AvgIpc) is 2.54. The van der Waals surface area contributed by atoms with E-state index in [0.29, 0.717) is 11.3 Å². The van der Waals surface area contributed by atoms with Crippen molar-refractivity contribution >= 4 is 23.3 Å². The van der Waals surface area contributed by atoms with Crippen LogP contribution in [0.25, 0.3) is 0 Å². The Morgan fingerprint density at radius 3 is 2.40 bits per heavy atom. The minimum Gasteiger partial charge on any atom is -0.481 e. The van der Waals surface area contributed by atoms with E-state index in [9.17, 15) is 19.5 Å². The zero-order chi connectivity index (χ0) is 15.2. The van der Waals surface area contributed by atoms with E-state index < -0.39 is 23.1 Å². The molecule has 1 N–H and O–H groups in total. The third-order valence-corrected chi connectivity index (χ3v) is 3.53. The van der Waals surface area contributed by atoms with Crippen molar-refractivity contribution in [3.63, 3.8) is 0 Å². The van der Waals surface area contributed by atoms with Gasteiger partial charge in [-0.1, -0.05) is 6.07 Å². The number of fused-ring (bicyclic) bond motifs is 1. The fraction of sp³-hybridized carbons (Fsp3) is 0.400. The van der Waals surface area contributed by atoms with Crippen LogP contribution in [-0.4, -0.2) is 29.3 Å². The van der Waals surface area contributed by atoms with Crippen LogP contribution >= 0.6 is 0 Å². The summed E-state index contributed by atoms with van der Waals surface area (Å²) in [7, 11) is 0. The monoisotopic (exact) mass is 275 g/mol. The quantitative estimate of drug-likeness (QED) is 0.855. The van der Waals surface area contributed by atoms with E-state index in [-0.39, 0.29) is 6.54 Å². The number of ketones is 1.